The van der Waals surface area contributed by atoms with Gasteiger partial charge in [-0.2, -0.15) is 0 Å². The molecule has 1 saturated carbocycles. The number of benzene rings is 1. The fourth-order valence-electron chi connectivity index (χ4n) is 2.71. The first-order valence-electron chi connectivity index (χ1n) is 7.66. The van der Waals surface area contributed by atoms with E-state index < -0.39 is 5.97 Å². The molecule has 0 spiro atoms. The summed E-state index contributed by atoms with van der Waals surface area (Å²) in [7, 11) is 0. The Kier molecular flexibility index (Phi) is 4.48. The number of anilines is 1. The molecule has 1 aromatic carbocycles. The average molecular weight is 332 g/mol. The summed E-state index contributed by atoms with van der Waals surface area (Å²) in [5.74, 6) is 0.0998. The van der Waals surface area contributed by atoms with Crippen molar-refractivity contribution in [1.82, 2.24) is 9.97 Å². The van der Waals surface area contributed by atoms with Crippen molar-refractivity contribution in [2.75, 3.05) is 11.9 Å². The summed E-state index contributed by atoms with van der Waals surface area (Å²) < 4.78 is 4.93. The molecule has 120 valence electrons. The molecule has 3 rings (SSSR count). The monoisotopic (exact) mass is 331 g/mol. The normalized spacial score (nSPS) is 15.6. The van der Waals surface area contributed by atoms with Crippen LogP contribution in [-0.4, -0.2) is 22.5 Å². The van der Waals surface area contributed by atoms with Gasteiger partial charge < -0.3 is 10.1 Å². The number of carbonyl (C=O) groups is 1. The van der Waals surface area contributed by atoms with Crippen LogP contribution < -0.4 is 5.32 Å². The minimum atomic E-state index is -0.407. The van der Waals surface area contributed by atoms with E-state index in [0.717, 1.165) is 24.3 Å². The Morgan fingerprint density at radius 2 is 1.91 bits per heavy atom. The van der Waals surface area contributed by atoms with Crippen LogP contribution in [0.4, 0.5) is 5.95 Å². The van der Waals surface area contributed by atoms with Gasteiger partial charge in [-0.1, -0.05) is 23.7 Å². The van der Waals surface area contributed by atoms with Gasteiger partial charge in [-0.15, -0.1) is 0 Å². The standard InChI is InChI=1S/C17H18ClN3O2/c1-2-23-15(22)12-10-19-16(20-11-12)21-17(8-3-9-17)13-4-6-14(18)7-5-13/h4-7,10-11H,2-3,8-9H2,1H3,(H,19,20,21). The summed E-state index contributed by atoms with van der Waals surface area (Å²) in [6.07, 6.45) is 6.15. The molecule has 0 saturated heterocycles. The topological polar surface area (TPSA) is 64.1 Å². The Morgan fingerprint density at radius 1 is 1.26 bits per heavy atom. The van der Waals surface area contributed by atoms with E-state index in [4.69, 9.17) is 16.3 Å². The van der Waals surface area contributed by atoms with E-state index >= 15 is 0 Å². The molecule has 0 radical (unpaired) electrons. The highest BCUT2D eigenvalue weighted by molar-refractivity contribution is 6.30. The lowest BCUT2D eigenvalue weighted by atomic mass is 9.72. The molecule has 0 unspecified atom stereocenters. The minimum absolute atomic E-state index is 0.157. The van der Waals surface area contributed by atoms with Gasteiger partial charge >= 0.3 is 5.97 Å². The number of hydrogen-bond acceptors (Lipinski definition) is 5. The van der Waals surface area contributed by atoms with Gasteiger partial charge in [0.25, 0.3) is 0 Å². The average Bonchev–Trinajstić information content (AvgIpc) is 2.53. The second-order valence-corrected chi connectivity index (χ2v) is 6.02. The van der Waals surface area contributed by atoms with E-state index in [-0.39, 0.29) is 5.54 Å². The Balaban J connectivity index is 1.77. The van der Waals surface area contributed by atoms with Crippen LogP contribution in [-0.2, 0) is 10.3 Å². The van der Waals surface area contributed by atoms with Gasteiger partial charge in [-0.05, 0) is 43.9 Å². The lowest BCUT2D eigenvalue weighted by Gasteiger charge is -2.43. The third kappa shape index (κ3) is 3.29. The number of hydrogen-bond donors (Lipinski definition) is 1. The minimum Gasteiger partial charge on any atom is -0.462 e. The van der Waals surface area contributed by atoms with Crippen molar-refractivity contribution < 1.29 is 9.53 Å². The van der Waals surface area contributed by atoms with E-state index in [0.29, 0.717) is 18.1 Å². The van der Waals surface area contributed by atoms with Gasteiger partial charge in [-0.25, -0.2) is 14.8 Å². The summed E-state index contributed by atoms with van der Waals surface area (Å²) in [6.45, 7) is 2.10. The highest BCUT2D eigenvalue weighted by atomic mass is 35.5. The van der Waals surface area contributed by atoms with Crippen LogP contribution in [0.5, 0.6) is 0 Å². The van der Waals surface area contributed by atoms with Crippen molar-refractivity contribution in [1.29, 1.82) is 0 Å². The van der Waals surface area contributed by atoms with Gasteiger partial charge in [0.05, 0.1) is 17.7 Å². The first kappa shape index (κ1) is 15.7. The van der Waals surface area contributed by atoms with Crippen LogP contribution in [0.15, 0.2) is 36.7 Å². The van der Waals surface area contributed by atoms with E-state index in [9.17, 15) is 4.79 Å². The predicted molar refractivity (Wildman–Crippen MR) is 88.6 cm³/mol. The molecule has 1 heterocycles. The molecule has 1 aliphatic carbocycles. The maximum atomic E-state index is 11.6. The summed E-state index contributed by atoms with van der Waals surface area (Å²) in [5.41, 5.74) is 1.37. The summed E-state index contributed by atoms with van der Waals surface area (Å²) in [4.78, 5) is 20.1. The summed E-state index contributed by atoms with van der Waals surface area (Å²) >= 11 is 5.97. The quantitative estimate of drug-likeness (QED) is 0.844. The number of nitrogens with zero attached hydrogens (tertiary/aromatic N) is 2. The van der Waals surface area contributed by atoms with Crippen LogP contribution in [0.1, 0.15) is 42.1 Å². The Labute approximate surface area is 140 Å². The molecule has 1 aromatic heterocycles. The maximum Gasteiger partial charge on any atom is 0.341 e. The van der Waals surface area contributed by atoms with E-state index in [1.165, 1.54) is 18.0 Å². The SMILES string of the molecule is CCOC(=O)c1cnc(NC2(c3ccc(Cl)cc3)CCC2)nc1. The van der Waals surface area contributed by atoms with E-state index in [1.54, 1.807) is 6.92 Å². The third-order valence-electron chi connectivity index (χ3n) is 4.12. The maximum absolute atomic E-state index is 11.6. The Morgan fingerprint density at radius 3 is 2.43 bits per heavy atom. The van der Waals surface area contributed by atoms with E-state index in [1.807, 2.05) is 24.3 Å². The molecule has 0 atom stereocenters. The lowest BCUT2D eigenvalue weighted by molar-refractivity contribution is 0.0525. The van der Waals surface area contributed by atoms with Crippen LogP contribution >= 0.6 is 11.6 Å². The number of aromatic nitrogens is 2. The zero-order valence-electron chi connectivity index (χ0n) is 12.9. The molecule has 1 aliphatic rings. The van der Waals surface area contributed by atoms with Crippen LogP contribution in [0, 0.1) is 0 Å². The zero-order chi connectivity index (χ0) is 16.3. The highest BCUT2D eigenvalue weighted by Crippen LogP contribution is 2.43. The second kappa shape index (κ2) is 6.54. The molecule has 6 heteroatoms. The first-order chi connectivity index (χ1) is 11.1. The lowest BCUT2D eigenvalue weighted by Crippen LogP contribution is -2.42. The molecular weight excluding hydrogens is 314 g/mol. The van der Waals surface area contributed by atoms with Crippen molar-refractivity contribution in [3.05, 3.63) is 52.8 Å². The number of nitrogens with one attached hydrogen (secondary N) is 1. The summed E-state index contributed by atoms with van der Waals surface area (Å²) in [5, 5.41) is 4.13. The van der Waals surface area contributed by atoms with Crippen molar-refractivity contribution in [3.63, 3.8) is 0 Å². The van der Waals surface area contributed by atoms with Gasteiger partial charge in [-0.3, -0.25) is 0 Å². The molecule has 23 heavy (non-hydrogen) atoms. The molecule has 0 aliphatic heterocycles. The molecule has 0 bridgehead atoms. The Bertz CT molecular complexity index is 682. The summed E-state index contributed by atoms with van der Waals surface area (Å²) in [6, 6.07) is 7.84. The van der Waals surface area contributed by atoms with Gasteiger partial charge in [0.1, 0.15) is 0 Å². The molecule has 2 aromatic rings. The van der Waals surface area contributed by atoms with Crippen LogP contribution in [0.3, 0.4) is 0 Å². The molecular formula is C17H18ClN3O2. The predicted octanol–water partition coefficient (Wildman–Crippen LogP) is 3.80. The van der Waals surface area contributed by atoms with Crippen molar-refractivity contribution in [3.8, 4) is 0 Å². The van der Waals surface area contributed by atoms with Crippen molar-refractivity contribution in [2.45, 2.75) is 31.7 Å². The smallest absolute Gasteiger partial charge is 0.341 e. The Hall–Kier alpha value is -2.14. The molecule has 5 nitrogen and oxygen atoms in total. The third-order valence-corrected chi connectivity index (χ3v) is 4.37. The van der Waals surface area contributed by atoms with Crippen molar-refractivity contribution in [2.24, 2.45) is 0 Å². The van der Waals surface area contributed by atoms with E-state index in [2.05, 4.69) is 15.3 Å². The molecule has 1 N–H and O–H groups in total. The number of halogens is 1. The largest absolute Gasteiger partial charge is 0.462 e. The number of rotatable bonds is 5. The molecule has 1 fully saturated rings. The highest BCUT2D eigenvalue weighted by Gasteiger charge is 2.39. The zero-order valence-corrected chi connectivity index (χ0v) is 13.6. The van der Waals surface area contributed by atoms with Gasteiger partial charge in [0.15, 0.2) is 0 Å². The number of esters is 1. The van der Waals surface area contributed by atoms with Crippen LogP contribution in [0.25, 0.3) is 0 Å². The first-order valence-corrected chi connectivity index (χ1v) is 8.04. The number of ether oxygens (including phenoxy) is 1. The number of carbonyl (C=O) groups excluding carboxylic acids is 1. The van der Waals surface area contributed by atoms with Gasteiger partial charge in [0.2, 0.25) is 5.95 Å². The van der Waals surface area contributed by atoms with Gasteiger partial charge in [0, 0.05) is 17.4 Å². The fourth-order valence-corrected chi connectivity index (χ4v) is 2.84. The molecule has 0 amide bonds. The second-order valence-electron chi connectivity index (χ2n) is 5.58. The van der Waals surface area contributed by atoms with Crippen molar-refractivity contribution >= 4 is 23.5 Å². The fraction of sp³-hybridized carbons (Fsp3) is 0.353. The van der Waals surface area contributed by atoms with Crippen LogP contribution in [0.2, 0.25) is 5.02 Å².